The summed E-state index contributed by atoms with van der Waals surface area (Å²) in [5.74, 6) is 0.937. The highest BCUT2D eigenvalue weighted by molar-refractivity contribution is 5.68. The number of rotatable bonds is 5. The third-order valence-corrected chi connectivity index (χ3v) is 5.12. The highest BCUT2D eigenvalue weighted by Crippen LogP contribution is 2.29. The van der Waals surface area contributed by atoms with E-state index in [9.17, 15) is 0 Å². The summed E-state index contributed by atoms with van der Waals surface area (Å²) in [6, 6.07) is 30.1. The Morgan fingerprint density at radius 2 is 1.16 bits per heavy atom. The van der Waals surface area contributed by atoms with E-state index in [0.29, 0.717) is 29.5 Å². The Morgan fingerprint density at radius 3 is 1.75 bits per heavy atom. The normalized spacial score (nSPS) is 10.8. The molecule has 0 aliphatic heterocycles. The molecule has 5 heteroatoms. The molecule has 0 spiro atoms. The Morgan fingerprint density at radius 1 is 0.562 bits per heavy atom. The molecule has 2 heterocycles. The lowest BCUT2D eigenvalue weighted by Gasteiger charge is -2.12. The van der Waals surface area contributed by atoms with Gasteiger partial charge in [-0.3, -0.25) is 4.98 Å². The lowest BCUT2D eigenvalue weighted by atomic mass is 10.0. The van der Waals surface area contributed by atoms with Crippen molar-refractivity contribution < 1.29 is 4.39 Å². The van der Waals surface area contributed by atoms with Gasteiger partial charge in [0.05, 0.1) is 5.56 Å². The Labute approximate surface area is 185 Å². The summed E-state index contributed by atoms with van der Waals surface area (Å²) >= 11 is 0. The van der Waals surface area contributed by atoms with E-state index in [4.69, 9.17) is 0 Å². The minimum absolute atomic E-state index is 0.307. The summed E-state index contributed by atoms with van der Waals surface area (Å²) in [4.78, 5) is 18.4. The predicted molar refractivity (Wildman–Crippen MR) is 123 cm³/mol. The van der Waals surface area contributed by atoms with Gasteiger partial charge >= 0.3 is 0 Å². The average molecular weight is 418 g/mol. The summed E-state index contributed by atoms with van der Waals surface area (Å²) in [6.45, 7) is 0. The van der Waals surface area contributed by atoms with Gasteiger partial charge in [-0.15, -0.1) is 0 Å². The van der Waals surface area contributed by atoms with Gasteiger partial charge in [-0.1, -0.05) is 78.9 Å². The second-order valence-electron chi connectivity index (χ2n) is 7.31. The van der Waals surface area contributed by atoms with Crippen LogP contribution in [0.5, 0.6) is 0 Å². The fourth-order valence-corrected chi connectivity index (χ4v) is 3.58. The SMILES string of the molecule is Fc1cccc(Cc2ccccn2)c1-c1nc(-c2ccccc2)nc(-c2ccccc2)n1. The van der Waals surface area contributed by atoms with Crippen LogP contribution in [-0.2, 0) is 6.42 Å². The number of nitrogens with zero attached hydrogens (tertiary/aromatic N) is 4. The minimum atomic E-state index is -0.373. The third-order valence-electron chi connectivity index (χ3n) is 5.12. The maximum Gasteiger partial charge on any atom is 0.167 e. The van der Waals surface area contributed by atoms with E-state index in [1.807, 2.05) is 84.9 Å². The molecule has 0 atom stereocenters. The number of aromatic nitrogens is 4. The van der Waals surface area contributed by atoms with Gasteiger partial charge in [0, 0.05) is 29.4 Å². The zero-order valence-electron chi connectivity index (χ0n) is 17.2. The van der Waals surface area contributed by atoms with Gasteiger partial charge in [0.15, 0.2) is 17.5 Å². The second-order valence-corrected chi connectivity index (χ2v) is 7.31. The van der Waals surface area contributed by atoms with Gasteiger partial charge in [-0.25, -0.2) is 19.3 Å². The first-order valence-electron chi connectivity index (χ1n) is 10.3. The molecule has 0 saturated carbocycles. The van der Waals surface area contributed by atoms with Crippen LogP contribution in [0.25, 0.3) is 34.2 Å². The minimum Gasteiger partial charge on any atom is -0.261 e. The van der Waals surface area contributed by atoms with Gasteiger partial charge in [-0.05, 0) is 23.8 Å². The smallest absolute Gasteiger partial charge is 0.167 e. The van der Waals surface area contributed by atoms with E-state index in [-0.39, 0.29) is 5.82 Å². The molecule has 0 aliphatic carbocycles. The Balaban J connectivity index is 1.70. The van der Waals surface area contributed by atoms with Gasteiger partial charge in [0.2, 0.25) is 0 Å². The average Bonchev–Trinajstić information content (AvgIpc) is 2.86. The zero-order chi connectivity index (χ0) is 21.8. The molecular formula is C27H19FN4. The van der Waals surface area contributed by atoms with Gasteiger partial charge < -0.3 is 0 Å². The lowest BCUT2D eigenvalue weighted by Crippen LogP contribution is -2.04. The van der Waals surface area contributed by atoms with E-state index in [2.05, 4.69) is 19.9 Å². The Bertz CT molecular complexity index is 1280. The molecule has 3 aromatic carbocycles. The fourth-order valence-electron chi connectivity index (χ4n) is 3.58. The van der Waals surface area contributed by atoms with Crippen molar-refractivity contribution in [1.82, 2.24) is 19.9 Å². The van der Waals surface area contributed by atoms with E-state index >= 15 is 4.39 Å². The highest BCUT2D eigenvalue weighted by atomic mass is 19.1. The molecule has 4 nitrogen and oxygen atoms in total. The van der Waals surface area contributed by atoms with Crippen LogP contribution in [0.15, 0.2) is 103 Å². The van der Waals surface area contributed by atoms with Crippen molar-refractivity contribution >= 4 is 0 Å². The van der Waals surface area contributed by atoms with Crippen molar-refractivity contribution in [1.29, 1.82) is 0 Å². The third kappa shape index (κ3) is 4.14. The molecule has 5 rings (SSSR count). The van der Waals surface area contributed by atoms with Crippen LogP contribution in [0.3, 0.4) is 0 Å². The maximum absolute atomic E-state index is 15.2. The van der Waals surface area contributed by atoms with Crippen LogP contribution < -0.4 is 0 Å². The van der Waals surface area contributed by atoms with E-state index < -0.39 is 0 Å². The lowest BCUT2D eigenvalue weighted by molar-refractivity contribution is 0.628. The summed E-state index contributed by atoms with van der Waals surface area (Å²) in [7, 11) is 0. The first-order chi connectivity index (χ1) is 15.8. The number of halogens is 1. The van der Waals surface area contributed by atoms with Crippen molar-refractivity contribution in [3.63, 3.8) is 0 Å². The Hall–Kier alpha value is -4.25. The quantitative estimate of drug-likeness (QED) is 0.351. The number of hydrogen-bond acceptors (Lipinski definition) is 4. The molecule has 0 amide bonds. The molecule has 0 aliphatic rings. The van der Waals surface area contributed by atoms with Gasteiger partial charge in [0.1, 0.15) is 5.82 Å². The molecule has 32 heavy (non-hydrogen) atoms. The molecule has 2 aromatic heterocycles. The molecular weight excluding hydrogens is 399 g/mol. The van der Waals surface area contributed by atoms with Crippen LogP contribution in [0.4, 0.5) is 4.39 Å². The van der Waals surface area contributed by atoms with E-state index in [1.54, 1.807) is 12.3 Å². The van der Waals surface area contributed by atoms with Gasteiger partial charge in [0.25, 0.3) is 0 Å². The molecule has 0 N–H and O–H groups in total. The first-order valence-corrected chi connectivity index (χ1v) is 10.3. The van der Waals surface area contributed by atoms with E-state index in [1.165, 1.54) is 6.07 Å². The molecule has 0 bridgehead atoms. The summed E-state index contributed by atoms with van der Waals surface area (Å²) in [6.07, 6.45) is 2.21. The molecule has 0 radical (unpaired) electrons. The zero-order valence-corrected chi connectivity index (χ0v) is 17.2. The van der Waals surface area contributed by atoms with E-state index in [0.717, 1.165) is 22.4 Å². The fraction of sp³-hybridized carbons (Fsp3) is 0.0370. The van der Waals surface area contributed by atoms with Crippen molar-refractivity contribution in [2.45, 2.75) is 6.42 Å². The first kappa shape index (κ1) is 19.7. The molecule has 0 unspecified atom stereocenters. The summed E-state index contributed by atoms with van der Waals surface area (Å²) in [5, 5.41) is 0. The van der Waals surface area contributed by atoms with Crippen molar-refractivity contribution in [2.75, 3.05) is 0 Å². The van der Waals surface area contributed by atoms with Gasteiger partial charge in [-0.2, -0.15) is 0 Å². The molecule has 5 aromatic rings. The Kier molecular flexibility index (Phi) is 5.45. The van der Waals surface area contributed by atoms with Crippen molar-refractivity contribution in [2.24, 2.45) is 0 Å². The largest absolute Gasteiger partial charge is 0.261 e. The number of benzene rings is 3. The number of pyridine rings is 1. The molecule has 154 valence electrons. The van der Waals surface area contributed by atoms with Crippen LogP contribution in [-0.4, -0.2) is 19.9 Å². The van der Waals surface area contributed by atoms with Crippen LogP contribution in [0.2, 0.25) is 0 Å². The second kappa shape index (κ2) is 8.86. The van der Waals surface area contributed by atoms with Crippen molar-refractivity contribution in [3.05, 3.63) is 120 Å². The van der Waals surface area contributed by atoms with Crippen LogP contribution >= 0.6 is 0 Å². The topological polar surface area (TPSA) is 51.6 Å². The summed E-state index contributed by atoms with van der Waals surface area (Å²) < 4.78 is 15.2. The standard InChI is InChI=1S/C27H19FN4/c28-23-16-9-14-21(18-22-15-7-8-17-29-22)24(23)27-31-25(19-10-3-1-4-11-19)30-26(32-27)20-12-5-2-6-13-20/h1-17H,18H2. The molecule has 0 fully saturated rings. The molecule has 0 saturated heterocycles. The maximum atomic E-state index is 15.2. The monoisotopic (exact) mass is 418 g/mol. The highest BCUT2D eigenvalue weighted by Gasteiger charge is 2.18. The van der Waals surface area contributed by atoms with Crippen LogP contribution in [0.1, 0.15) is 11.3 Å². The van der Waals surface area contributed by atoms with Crippen molar-refractivity contribution in [3.8, 4) is 34.2 Å². The predicted octanol–water partition coefficient (Wildman–Crippen LogP) is 6.00. The summed E-state index contributed by atoms with van der Waals surface area (Å²) in [5.41, 5.74) is 3.68. The van der Waals surface area contributed by atoms with Crippen LogP contribution in [0, 0.1) is 5.82 Å². The number of hydrogen-bond donors (Lipinski definition) is 0.